The predicted octanol–water partition coefficient (Wildman–Crippen LogP) is 1.27. The summed E-state index contributed by atoms with van der Waals surface area (Å²) in [7, 11) is 0. The molecule has 0 spiro atoms. The summed E-state index contributed by atoms with van der Waals surface area (Å²) >= 11 is 0. The molecule has 2 rings (SSSR count). The van der Waals surface area contributed by atoms with Crippen molar-refractivity contribution in [3.05, 3.63) is 29.8 Å². The third-order valence-corrected chi connectivity index (χ3v) is 3.50. The summed E-state index contributed by atoms with van der Waals surface area (Å²) < 4.78 is 5.55. The highest BCUT2D eigenvalue weighted by Gasteiger charge is 2.29. The van der Waals surface area contributed by atoms with Crippen LogP contribution in [0.1, 0.15) is 37.0 Å². The van der Waals surface area contributed by atoms with Gasteiger partial charge in [0.25, 0.3) is 11.8 Å². The Balaban J connectivity index is 1.91. The molecule has 1 fully saturated rings. The highest BCUT2D eigenvalue weighted by Crippen LogP contribution is 2.20. The van der Waals surface area contributed by atoms with Gasteiger partial charge < -0.3 is 21.1 Å². The maximum absolute atomic E-state index is 12.1. The van der Waals surface area contributed by atoms with Crippen molar-refractivity contribution in [3.63, 3.8) is 0 Å². The van der Waals surface area contributed by atoms with Crippen molar-refractivity contribution >= 4 is 17.5 Å². The van der Waals surface area contributed by atoms with Gasteiger partial charge in [-0.25, -0.2) is 0 Å². The van der Waals surface area contributed by atoms with Crippen LogP contribution < -0.4 is 16.4 Å². The lowest BCUT2D eigenvalue weighted by molar-refractivity contribution is -0.126. The molecule has 22 heavy (non-hydrogen) atoms. The Labute approximate surface area is 130 Å². The quantitative estimate of drug-likeness (QED) is 0.763. The minimum absolute atomic E-state index is 0.0298. The summed E-state index contributed by atoms with van der Waals surface area (Å²) in [6, 6.07) is 6.88. The van der Waals surface area contributed by atoms with Crippen LogP contribution >= 0.6 is 0 Å². The molecular formula is C16H23N3O3. The molecule has 0 radical (unpaired) electrons. The summed E-state index contributed by atoms with van der Waals surface area (Å²) in [5.41, 5.74) is 6.74. The predicted molar refractivity (Wildman–Crippen MR) is 84.6 cm³/mol. The maximum Gasteiger partial charge on any atom is 0.253 e. The summed E-state index contributed by atoms with van der Waals surface area (Å²) in [5.74, 6) is -0.298. The Kier molecular flexibility index (Phi) is 5.51. The molecule has 0 aromatic heterocycles. The van der Waals surface area contributed by atoms with Gasteiger partial charge in [0.2, 0.25) is 0 Å². The van der Waals surface area contributed by atoms with Crippen molar-refractivity contribution in [1.82, 2.24) is 5.32 Å². The zero-order valence-electron chi connectivity index (χ0n) is 13.0. The van der Waals surface area contributed by atoms with E-state index >= 15 is 0 Å². The smallest absolute Gasteiger partial charge is 0.253 e. The average molecular weight is 305 g/mol. The Morgan fingerprint density at radius 3 is 2.50 bits per heavy atom. The zero-order valence-corrected chi connectivity index (χ0v) is 13.0. The summed E-state index contributed by atoms with van der Waals surface area (Å²) in [6.07, 6.45) is 1.01. The van der Waals surface area contributed by atoms with Crippen molar-refractivity contribution in [3.8, 4) is 0 Å². The number of carbonyl (C=O) groups excluding carboxylic acids is 2. The van der Waals surface area contributed by atoms with Crippen LogP contribution in [0.15, 0.2) is 24.3 Å². The van der Waals surface area contributed by atoms with Gasteiger partial charge >= 0.3 is 0 Å². The number of ether oxygens (including phenoxy) is 1. The molecule has 1 aliphatic heterocycles. The lowest BCUT2D eigenvalue weighted by Gasteiger charge is -2.13. The molecule has 1 aromatic rings. The molecule has 6 nitrogen and oxygen atoms in total. The number of benzene rings is 1. The molecule has 0 saturated carbocycles. The molecular weight excluding hydrogens is 282 g/mol. The molecule has 1 saturated heterocycles. The lowest BCUT2D eigenvalue weighted by atomic mass is 10.1. The molecule has 0 unspecified atom stereocenters. The SMILES string of the molecule is CC(C)NC(=O)c1ccc(NC(=O)[C@@H]2CC[C@H](CN)O2)cc1. The summed E-state index contributed by atoms with van der Waals surface area (Å²) in [6.45, 7) is 4.24. The molecule has 0 bridgehead atoms. The normalized spacial score (nSPS) is 20.9. The van der Waals surface area contributed by atoms with Gasteiger partial charge in [-0.05, 0) is 51.0 Å². The van der Waals surface area contributed by atoms with Crippen LogP contribution in [0.25, 0.3) is 0 Å². The molecule has 6 heteroatoms. The van der Waals surface area contributed by atoms with E-state index in [1.807, 2.05) is 13.8 Å². The van der Waals surface area contributed by atoms with E-state index in [9.17, 15) is 9.59 Å². The molecule has 120 valence electrons. The van der Waals surface area contributed by atoms with Crippen LogP contribution in [0.4, 0.5) is 5.69 Å². The average Bonchev–Trinajstić information content (AvgIpc) is 2.96. The van der Waals surface area contributed by atoms with Crippen molar-refractivity contribution in [1.29, 1.82) is 0 Å². The van der Waals surface area contributed by atoms with Crippen molar-refractivity contribution in [2.24, 2.45) is 5.73 Å². The molecule has 2 amide bonds. The van der Waals surface area contributed by atoms with Crippen LogP contribution in [-0.2, 0) is 9.53 Å². The summed E-state index contributed by atoms with van der Waals surface area (Å²) in [5, 5.41) is 5.62. The van der Waals surface area contributed by atoms with Gasteiger partial charge in [0.05, 0.1) is 6.10 Å². The lowest BCUT2D eigenvalue weighted by Crippen LogP contribution is -2.30. The van der Waals surface area contributed by atoms with Gasteiger partial charge in [-0.15, -0.1) is 0 Å². The van der Waals surface area contributed by atoms with E-state index in [4.69, 9.17) is 10.5 Å². The standard InChI is InChI=1S/C16H23N3O3/c1-10(2)18-15(20)11-3-5-12(6-4-11)19-16(21)14-8-7-13(9-17)22-14/h3-6,10,13-14H,7-9,17H2,1-2H3,(H,18,20)(H,19,21)/t13-,14+/m1/s1. The number of nitrogens with one attached hydrogen (secondary N) is 2. The second-order valence-corrected chi connectivity index (χ2v) is 5.75. The Bertz CT molecular complexity index is 528. The largest absolute Gasteiger partial charge is 0.364 e. The highest BCUT2D eigenvalue weighted by molar-refractivity contribution is 5.97. The molecule has 1 aromatic carbocycles. The van der Waals surface area contributed by atoms with Gasteiger partial charge in [0.15, 0.2) is 0 Å². The van der Waals surface area contributed by atoms with E-state index in [1.165, 1.54) is 0 Å². The van der Waals surface area contributed by atoms with Crippen LogP contribution in [0.3, 0.4) is 0 Å². The van der Waals surface area contributed by atoms with Gasteiger partial charge in [-0.2, -0.15) is 0 Å². The fourth-order valence-corrected chi connectivity index (χ4v) is 2.35. The van der Waals surface area contributed by atoms with Gasteiger partial charge in [-0.1, -0.05) is 0 Å². The maximum atomic E-state index is 12.1. The number of hydrogen-bond acceptors (Lipinski definition) is 4. The molecule has 1 heterocycles. The molecule has 2 atom stereocenters. The second-order valence-electron chi connectivity index (χ2n) is 5.75. The Morgan fingerprint density at radius 2 is 1.95 bits per heavy atom. The number of anilines is 1. The van der Waals surface area contributed by atoms with Gasteiger partial charge in [-0.3, -0.25) is 9.59 Å². The van der Waals surface area contributed by atoms with E-state index in [0.29, 0.717) is 24.2 Å². The van der Waals surface area contributed by atoms with Crippen molar-refractivity contribution in [2.45, 2.75) is 44.9 Å². The van der Waals surface area contributed by atoms with E-state index in [0.717, 1.165) is 6.42 Å². The molecule has 1 aliphatic rings. The van der Waals surface area contributed by atoms with Gasteiger partial charge in [0, 0.05) is 23.8 Å². The Morgan fingerprint density at radius 1 is 1.27 bits per heavy atom. The molecule has 4 N–H and O–H groups in total. The van der Waals surface area contributed by atoms with Crippen LogP contribution in [0, 0.1) is 0 Å². The fraction of sp³-hybridized carbons (Fsp3) is 0.500. The van der Waals surface area contributed by atoms with Crippen molar-refractivity contribution in [2.75, 3.05) is 11.9 Å². The van der Waals surface area contributed by atoms with E-state index in [1.54, 1.807) is 24.3 Å². The first-order chi connectivity index (χ1) is 10.5. The first kappa shape index (κ1) is 16.5. The number of nitrogens with two attached hydrogens (primary N) is 1. The van der Waals surface area contributed by atoms with E-state index < -0.39 is 6.10 Å². The monoisotopic (exact) mass is 305 g/mol. The molecule has 0 aliphatic carbocycles. The third kappa shape index (κ3) is 4.29. The number of amides is 2. The highest BCUT2D eigenvalue weighted by atomic mass is 16.5. The first-order valence-corrected chi connectivity index (χ1v) is 7.57. The Hall–Kier alpha value is -1.92. The fourth-order valence-electron chi connectivity index (χ4n) is 2.35. The zero-order chi connectivity index (χ0) is 16.1. The first-order valence-electron chi connectivity index (χ1n) is 7.57. The number of rotatable bonds is 5. The van der Waals surface area contributed by atoms with Crippen LogP contribution in [0.5, 0.6) is 0 Å². The van der Waals surface area contributed by atoms with E-state index in [-0.39, 0.29) is 24.0 Å². The third-order valence-electron chi connectivity index (χ3n) is 3.50. The number of carbonyl (C=O) groups is 2. The minimum Gasteiger partial charge on any atom is -0.364 e. The van der Waals surface area contributed by atoms with E-state index in [2.05, 4.69) is 10.6 Å². The topological polar surface area (TPSA) is 93.5 Å². The number of hydrogen-bond donors (Lipinski definition) is 3. The van der Waals surface area contributed by atoms with Crippen LogP contribution in [0.2, 0.25) is 0 Å². The van der Waals surface area contributed by atoms with Crippen molar-refractivity contribution < 1.29 is 14.3 Å². The van der Waals surface area contributed by atoms with Gasteiger partial charge in [0.1, 0.15) is 6.10 Å². The second kappa shape index (κ2) is 7.38. The summed E-state index contributed by atoms with van der Waals surface area (Å²) in [4.78, 5) is 23.9. The minimum atomic E-state index is -0.447. The van der Waals surface area contributed by atoms with Crippen LogP contribution in [-0.4, -0.2) is 36.6 Å².